The van der Waals surface area contributed by atoms with E-state index in [1.54, 1.807) is 0 Å². The molecule has 1 saturated carbocycles. The molecule has 88 valence electrons. The Hall–Kier alpha value is -0.0800. The van der Waals surface area contributed by atoms with Crippen LogP contribution in [0.15, 0.2) is 0 Å². The van der Waals surface area contributed by atoms with E-state index >= 15 is 0 Å². The molecule has 2 heteroatoms. The zero-order valence-electron chi connectivity index (χ0n) is 10.1. The molecule has 15 heavy (non-hydrogen) atoms. The van der Waals surface area contributed by atoms with Crippen LogP contribution in [-0.4, -0.2) is 26.2 Å². The maximum atomic E-state index is 3.60. The SMILES string of the molecule is CC1CC1CNCCCC1CCCNC1. The fourth-order valence-electron chi connectivity index (χ4n) is 2.66. The van der Waals surface area contributed by atoms with Crippen molar-refractivity contribution in [3.63, 3.8) is 0 Å². The Morgan fingerprint density at radius 2 is 2.27 bits per heavy atom. The first-order valence-corrected chi connectivity index (χ1v) is 6.77. The minimum absolute atomic E-state index is 0.959. The summed E-state index contributed by atoms with van der Waals surface area (Å²) in [6.45, 7) is 7.37. The van der Waals surface area contributed by atoms with Crippen molar-refractivity contribution >= 4 is 0 Å². The maximum Gasteiger partial charge on any atom is -0.00179 e. The molecule has 0 amide bonds. The van der Waals surface area contributed by atoms with E-state index in [1.165, 1.54) is 58.3 Å². The first-order valence-electron chi connectivity index (χ1n) is 6.77. The Morgan fingerprint density at radius 1 is 1.40 bits per heavy atom. The van der Waals surface area contributed by atoms with E-state index in [0.717, 1.165) is 17.8 Å². The van der Waals surface area contributed by atoms with E-state index in [2.05, 4.69) is 17.6 Å². The van der Waals surface area contributed by atoms with Crippen molar-refractivity contribution in [1.82, 2.24) is 10.6 Å². The Bertz CT molecular complexity index is 175. The van der Waals surface area contributed by atoms with E-state index < -0.39 is 0 Å². The number of nitrogens with one attached hydrogen (secondary N) is 2. The van der Waals surface area contributed by atoms with Crippen LogP contribution in [0.4, 0.5) is 0 Å². The highest BCUT2D eigenvalue weighted by atomic mass is 14.9. The van der Waals surface area contributed by atoms with Crippen LogP contribution in [0.1, 0.15) is 39.0 Å². The van der Waals surface area contributed by atoms with Crippen molar-refractivity contribution in [2.24, 2.45) is 17.8 Å². The van der Waals surface area contributed by atoms with E-state index in [0.29, 0.717) is 0 Å². The molecule has 0 aromatic heterocycles. The highest BCUT2D eigenvalue weighted by Gasteiger charge is 2.31. The van der Waals surface area contributed by atoms with Crippen molar-refractivity contribution in [2.75, 3.05) is 26.2 Å². The van der Waals surface area contributed by atoms with Gasteiger partial charge in [0.25, 0.3) is 0 Å². The van der Waals surface area contributed by atoms with Crippen molar-refractivity contribution in [1.29, 1.82) is 0 Å². The van der Waals surface area contributed by atoms with Crippen LogP contribution in [0, 0.1) is 17.8 Å². The molecule has 2 N–H and O–H groups in total. The van der Waals surface area contributed by atoms with E-state index in [4.69, 9.17) is 0 Å². The summed E-state index contributed by atoms with van der Waals surface area (Å²) in [5.41, 5.74) is 0. The second kappa shape index (κ2) is 5.86. The van der Waals surface area contributed by atoms with Gasteiger partial charge < -0.3 is 10.6 Å². The second-order valence-electron chi connectivity index (χ2n) is 5.53. The molecule has 3 unspecified atom stereocenters. The lowest BCUT2D eigenvalue weighted by Gasteiger charge is -2.22. The lowest BCUT2D eigenvalue weighted by Crippen LogP contribution is -2.30. The molecule has 2 fully saturated rings. The quantitative estimate of drug-likeness (QED) is 0.655. The minimum Gasteiger partial charge on any atom is -0.316 e. The van der Waals surface area contributed by atoms with Crippen molar-refractivity contribution in [3.8, 4) is 0 Å². The number of piperidine rings is 1. The largest absolute Gasteiger partial charge is 0.316 e. The summed E-state index contributed by atoms with van der Waals surface area (Å²) < 4.78 is 0. The predicted molar refractivity (Wildman–Crippen MR) is 65.0 cm³/mol. The van der Waals surface area contributed by atoms with Crippen LogP contribution in [-0.2, 0) is 0 Å². The second-order valence-corrected chi connectivity index (χ2v) is 5.53. The Morgan fingerprint density at radius 3 is 2.93 bits per heavy atom. The molecule has 0 aromatic rings. The van der Waals surface area contributed by atoms with Gasteiger partial charge in [0, 0.05) is 0 Å². The normalized spacial score (nSPS) is 35.4. The van der Waals surface area contributed by atoms with Gasteiger partial charge in [-0.1, -0.05) is 6.92 Å². The minimum atomic E-state index is 0.959. The average Bonchev–Trinajstić information content (AvgIpc) is 2.96. The fourth-order valence-corrected chi connectivity index (χ4v) is 2.66. The molecule has 3 atom stereocenters. The van der Waals surface area contributed by atoms with Gasteiger partial charge in [-0.25, -0.2) is 0 Å². The zero-order chi connectivity index (χ0) is 10.5. The van der Waals surface area contributed by atoms with Gasteiger partial charge in [0.1, 0.15) is 0 Å². The molecule has 0 radical (unpaired) electrons. The Balaban J connectivity index is 1.41. The summed E-state index contributed by atoms with van der Waals surface area (Å²) >= 11 is 0. The summed E-state index contributed by atoms with van der Waals surface area (Å²) in [5.74, 6) is 2.96. The number of hydrogen-bond acceptors (Lipinski definition) is 2. The van der Waals surface area contributed by atoms with Crippen LogP contribution in [0.3, 0.4) is 0 Å². The van der Waals surface area contributed by atoms with Crippen molar-refractivity contribution in [3.05, 3.63) is 0 Å². The van der Waals surface area contributed by atoms with Crippen molar-refractivity contribution < 1.29 is 0 Å². The molecule has 0 bridgehead atoms. The van der Waals surface area contributed by atoms with E-state index in [9.17, 15) is 0 Å². The molecule has 2 aliphatic rings. The summed E-state index contributed by atoms with van der Waals surface area (Å²) in [4.78, 5) is 0. The van der Waals surface area contributed by atoms with Gasteiger partial charge in [-0.2, -0.15) is 0 Å². The van der Waals surface area contributed by atoms with Gasteiger partial charge in [-0.05, 0) is 76.0 Å². The van der Waals surface area contributed by atoms with Crippen LogP contribution >= 0.6 is 0 Å². The molecule has 2 rings (SSSR count). The van der Waals surface area contributed by atoms with Crippen LogP contribution < -0.4 is 10.6 Å². The van der Waals surface area contributed by atoms with E-state index in [-0.39, 0.29) is 0 Å². The van der Waals surface area contributed by atoms with Crippen LogP contribution in [0.25, 0.3) is 0 Å². The van der Waals surface area contributed by atoms with Gasteiger partial charge in [-0.15, -0.1) is 0 Å². The van der Waals surface area contributed by atoms with Crippen LogP contribution in [0.5, 0.6) is 0 Å². The van der Waals surface area contributed by atoms with Gasteiger partial charge in [0.15, 0.2) is 0 Å². The van der Waals surface area contributed by atoms with Gasteiger partial charge in [0.05, 0.1) is 0 Å². The topological polar surface area (TPSA) is 24.1 Å². The third-order valence-electron chi connectivity index (χ3n) is 4.05. The van der Waals surface area contributed by atoms with Crippen molar-refractivity contribution in [2.45, 2.75) is 39.0 Å². The molecule has 1 saturated heterocycles. The van der Waals surface area contributed by atoms with Gasteiger partial charge in [-0.3, -0.25) is 0 Å². The molecular weight excluding hydrogens is 184 g/mol. The molecule has 1 aliphatic carbocycles. The summed E-state index contributed by atoms with van der Waals surface area (Å²) in [6, 6.07) is 0. The standard InChI is InChI=1S/C13H26N2/c1-11-8-13(11)10-15-7-3-5-12-4-2-6-14-9-12/h11-15H,2-10H2,1H3. The lowest BCUT2D eigenvalue weighted by atomic mass is 9.95. The monoisotopic (exact) mass is 210 g/mol. The Kier molecular flexibility index (Phi) is 4.45. The zero-order valence-corrected chi connectivity index (χ0v) is 10.1. The molecule has 0 spiro atoms. The molecule has 1 aliphatic heterocycles. The van der Waals surface area contributed by atoms with E-state index in [1.807, 2.05) is 0 Å². The first kappa shape index (κ1) is 11.4. The molecule has 2 nitrogen and oxygen atoms in total. The fraction of sp³-hybridized carbons (Fsp3) is 1.00. The van der Waals surface area contributed by atoms with Gasteiger partial charge in [0.2, 0.25) is 0 Å². The molecular formula is C13H26N2. The highest BCUT2D eigenvalue weighted by Crippen LogP contribution is 2.36. The highest BCUT2D eigenvalue weighted by molar-refractivity contribution is 4.83. The first-order chi connectivity index (χ1) is 7.36. The molecule has 0 aromatic carbocycles. The molecule has 1 heterocycles. The lowest BCUT2D eigenvalue weighted by molar-refractivity contribution is 0.348. The summed E-state index contributed by atoms with van der Waals surface area (Å²) in [6.07, 6.45) is 7.08. The third kappa shape index (κ3) is 4.12. The average molecular weight is 210 g/mol. The third-order valence-corrected chi connectivity index (χ3v) is 4.05. The summed E-state index contributed by atoms with van der Waals surface area (Å²) in [7, 11) is 0. The smallest absolute Gasteiger partial charge is 0.00179 e. The van der Waals surface area contributed by atoms with Gasteiger partial charge >= 0.3 is 0 Å². The maximum absolute atomic E-state index is 3.60. The number of hydrogen-bond donors (Lipinski definition) is 2. The predicted octanol–water partition coefficient (Wildman–Crippen LogP) is 2.01. The number of rotatable bonds is 6. The summed E-state index contributed by atoms with van der Waals surface area (Å²) in [5, 5.41) is 7.09. The van der Waals surface area contributed by atoms with Crippen LogP contribution in [0.2, 0.25) is 0 Å². The Labute approximate surface area is 94.2 Å².